The monoisotopic (exact) mass is 546 g/mol. The average Bonchev–Trinajstić information content (AvgIpc) is 2.85. The molecule has 12 heteroatoms. The van der Waals surface area contributed by atoms with E-state index in [1.54, 1.807) is 0 Å². The molecule has 0 bridgehead atoms. The second-order valence-corrected chi connectivity index (χ2v) is 16.0. The molecular weight excluding hydrogens is 504 g/mol. The van der Waals surface area contributed by atoms with Crippen LogP contribution in [0.25, 0.3) is 0 Å². The maximum Gasteiger partial charge on any atom is 0.192 e. The number of aliphatic hydroxyl groups is 6. The van der Waals surface area contributed by atoms with Gasteiger partial charge in [0.1, 0.15) is 48.8 Å². The summed E-state index contributed by atoms with van der Waals surface area (Å²) in [5, 5.41) is 62.7. The van der Waals surface area contributed by atoms with Crippen molar-refractivity contribution in [2.75, 3.05) is 13.2 Å². The van der Waals surface area contributed by atoms with E-state index in [4.69, 9.17) is 23.4 Å². The van der Waals surface area contributed by atoms with Crippen LogP contribution in [0, 0.1) is 0 Å². The Hall–Kier alpha value is -1.00. The Morgan fingerprint density at radius 3 is 2.00 bits per heavy atom. The number of rotatable bonds is 9. The van der Waals surface area contributed by atoms with Crippen LogP contribution in [0.5, 0.6) is 0 Å². The van der Waals surface area contributed by atoms with Gasteiger partial charge in [0.05, 0.1) is 19.8 Å². The largest absolute Gasteiger partial charge is 0.414 e. The molecule has 37 heavy (non-hydrogen) atoms. The van der Waals surface area contributed by atoms with E-state index in [9.17, 15) is 30.6 Å². The van der Waals surface area contributed by atoms with Crippen molar-refractivity contribution in [2.24, 2.45) is 0 Å². The van der Waals surface area contributed by atoms with Gasteiger partial charge in [-0.15, -0.1) is 0 Å². The van der Waals surface area contributed by atoms with Gasteiger partial charge in [-0.1, -0.05) is 51.1 Å². The Morgan fingerprint density at radius 2 is 1.41 bits per heavy atom. The minimum absolute atomic E-state index is 0.0491. The molecular formula is C25H42O11Si. The lowest BCUT2D eigenvalue weighted by atomic mass is 9.97. The highest BCUT2D eigenvalue weighted by atomic mass is 28.4. The Labute approximate surface area is 218 Å². The molecule has 2 aliphatic heterocycles. The van der Waals surface area contributed by atoms with E-state index in [-0.39, 0.29) is 18.3 Å². The molecule has 0 spiro atoms. The molecule has 11 nitrogen and oxygen atoms in total. The zero-order valence-corrected chi connectivity index (χ0v) is 23.0. The number of hydrogen-bond acceptors (Lipinski definition) is 11. The number of ether oxygens (including phenoxy) is 4. The summed E-state index contributed by atoms with van der Waals surface area (Å²) in [4.78, 5) is 0. The lowest BCUT2D eigenvalue weighted by Crippen LogP contribution is -2.65. The fourth-order valence-corrected chi connectivity index (χ4v) is 4.95. The lowest BCUT2D eigenvalue weighted by molar-refractivity contribution is -0.360. The van der Waals surface area contributed by atoms with E-state index in [0.717, 1.165) is 5.56 Å². The fourth-order valence-electron chi connectivity index (χ4n) is 3.94. The van der Waals surface area contributed by atoms with Crippen LogP contribution >= 0.6 is 0 Å². The third-order valence-corrected chi connectivity index (χ3v) is 12.0. The Kier molecular flexibility index (Phi) is 10.3. The molecule has 2 fully saturated rings. The molecule has 212 valence electrons. The minimum atomic E-state index is -2.22. The molecule has 0 saturated carbocycles. The van der Waals surface area contributed by atoms with E-state index in [2.05, 4.69) is 20.8 Å². The quantitative estimate of drug-likeness (QED) is 0.228. The van der Waals surface area contributed by atoms with Crippen LogP contribution in [0.4, 0.5) is 0 Å². The third kappa shape index (κ3) is 7.15. The summed E-state index contributed by atoms with van der Waals surface area (Å²) < 4.78 is 28.9. The number of benzene rings is 1. The topological polar surface area (TPSA) is 168 Å². The molecule has 3 rings (SSSR count). The van der Waals surface area contributed by atoms with Crippen molar-refractivity contribution in [1.29, 1.82) is 0 Å². The summed E-state index contributed by atoms with van der Waals surface area (Å²) in [7, 11) is -2.22. The minimum Gasteiger partial charge on any atom is -0.414 e. The standard InChI is InChI=1S/C25H42O11Si/c1-25(2,3)37(4,5)33-13-16-17(27)18(28)20(30)24(35-16)36-22-15(11-26)34-23(21(31)19(22)29)32-12-14-9-7-6-8-10-14/h6-10,15-24,26-31H,11-13H2,1-5H3/t15-,16-,17+,18+,19-,20-,21-,22-,23-,24+/m1/s1. The van der Waals surface area contributed by atoms with Crippen molar-refractivity contribution in [2.45, 2.75) is 107 Å². The predicted molar refractivity (Wildman–Crippen MR) is 134 cm³/mol. The summed E-state index contributed by atoms with van der Waals surface area (Å²) in [6.45, 7) is 9.69. The zero-order chi connectivity index (χ0) is 27.5. The second kappa shape index (κ2) is 12.5. The highest BCUT2D eigenvalue weighted by Crippen LogP contribution is 2.37. The van der Waals surface area contributed by atoms with Gasteiger partial charge in [-0.2, -0.15) is 0 Å². The van der Waals surface area contributed by atoms with Gasteiger partial charge in [0, 0.05) is 0 Å². The molecule has 0 unspecified atom stereocenters. The van der Waals surface area contributed by atoms with Gasteiger partial charge in [0.25, 0.3) is 0 Å². The highest BCUT2D eigenvalue weighted by molar-refractivity contribution is 6.74. The Balaban J connectivity index is 1.66. The molecule has 0 aliphatic carbocycles. The third-order valence-electron chi connectivity index (χ3n) is 7.45. The van der Waals surface area contributed by atoms with Crippen LogP contribution in [0.2, 0.25) is 18.1 Å². The van der Waals surface area contributed by atoms with Crippen molar-refractivity contribution < 1.29 is 54.0 Å². The highest BCUT2D eigenvalue weighted by Gasteiger charge is 2.51. The first-order valence-corrected chi connectivity index (χ1v) is 15.4. The molecule has 1 aromatic rings. The van der Waals surface area contributed by atoms with E-state index < -0.39 is 76.3 Å². The number of hydrogen-bond donors (Lipinski definition) is 6. The van der Waals surface area contributed by atoms with E-state index >= 15 is 0 Å². The summed E-state index contributed by atoms with van der Waals surface area (Å²) in [6.07, 6.45) is -14.1. The van der Waals surface area contributed by atoms with E-state index in [1.165, 1.54) is 0 Å². The first-order chi connectivity index (χ1) is 17.3. The lowest BCUT2D eigenvalue weighted by Gasteiger charge is -2.46. The van der Waals surface area contributed by atoms with Crippen molar-refractivity contribution >= 4 is 8.32 Å². The summed E-state index contributed by atoms with van der Waals surface area (Å²) in [5.41, 5.74) is 0.823. The fraction of sp³-hybridized carbons (Fsp3) is 0.760. The molecule has 0 radical (unpaired) electrons. The van der Waals surface area contributed by atoms with Gasteiger partial charge >= 0.3 is 0 Å². The van der Waals surface area contributed by atoms with E-state index in [1.807, 2.05) is 43.4 Å². The molecule has 2 heterocycles. The van der Waals surface area contributed by atoms with Crippen LogP contribution in [0.1, 0.15) is 26.3 Å². The molecule has 2 saturated heterocycles. The van der Waals surface area contributed by atoms with Crippen molar-refractivity contribution in [3.63, 3.8) is 0 Å². The SMILES string of the molecule is CC(C)(C)[Si](C)(C)OC[C@H]1O[C@@H](O[C@H]2[C@H](O)[C@@H](O)[C@H](OCc3ccccc3)O[C@@H]2CO)[C@H](O)[C@@H](O)[C@H]1O. The van der Waals surface area contributed by atoms with Crippen molar-refractivity contribution in [3.05, 3.63) is 35.9 Å². The first-order valence-electron chi connectivity index (χ1n) is 12.5. The van der Waals surface area contributed by atoms with Gasteiger partial charge in [0.15, 0.2) is 20.9 Å². The van der Waals surface area contributed by atoms with Gasteiger partial charge in [-0.25, -0.2) is 0 Å². The predicted octanol–water partition coefficient (Wildman–Crippen LogP) is -0.143. The smallest absolute Gasteiger partial charge is 0.192 e. The number of aliphatic hydroxyl groups excluding tert-OH is 6. The van der Waals surface area contributed by atoms with Crippen LogP contribution in [-0.2, 0) is 30.0 Å². The maximum atomic E-state index is 10.8. The van der Waals surface area contributed by atoms with Crippen LogP contribution in [0.15, 0.2) is 30.3 Å². The first kappa shape index (κ1) is 30.5. The molecule has 1 aromatic carbocycles. The van der Waals surface area contributed by atoms with Gasteiger partial charge < -0.3 is 54.0 Å². The van der Waals surface area contributed by atoms with Crippen LogP contribution < -0.4 is 0 Å². The average molecular weight is 547 g/mol. The Bertz CT molecular complexity index is 834. The van der Waals surface area contributed by atoms with E-state index in [0.29, 0.717) is 0 Å². The maximum absolute atomic E-state index is 10.8. The molecule has 6 N–H and O–H groups in total. The second-order valence-electron chi connectivity index (χ2n) is 11.2. The van der Waals surface area contributed by atoms with Gasteiger partial charge in [-0.3, -0.25) is 0 Å². The molecule has 10 atom stereocenters. The summed E-state index contributed by atoms with van der Waals surface area (Å²) in [5.74, 6) is 0. The van der Waals surface area contributed by atoms with Crippen LogP contribution in [-0.4, -0.2) is 114 Å². The molecule has 0 amide bonds. The van der Waals surface area contributed by atoms with Gasteiger partial charge in [0.2, 0.25) is 0 Å². The molecule has 2 aliphatic rings. The van der Waals surface area contributed by atoms with Crippen LogP contribution in [0.3, 0.4) is 0 Å². The Morgan fingerprint density at radius 1 is 0.811 bits per heavy atom. The van der Waals surface area contributed by atoms with Crippen molar-refractivity contribution in [3.8, 4) is 0 Å². The molecule has 0 aromatic heterocycles. The van der Waals surface area contributed by atoms with Crippen molar-refractivity contribution in [1.82, 2.24) is 0 Å². The summed E-state index contributed by atoms with van der Waals surface area (Å²) in [6, 6.07) is 9.17. The van der Waals surface area contributed by atoms with Gasteiger partial charge in [-0.05, 0) is 23.7 Å². The summed E-state index contributed by atoms with van der Waals surface area (Å²) >= 11 is 0. The normalized spacial score (nSPS) is 37.5. The zero-order valence-electron chi connectivity index (χ0n) is 22.0.